The molecule has 2 rings (SSSR count). The molecule has 0 atom stereocenters. The highest BCUT2D eigenvalue weighted by atomic mass is 79.9. The van der Waals surface area contributed by atoms with Crippen molar-refractivity contribution in [2.45, 2.75) is 30.4 Å². The molecule has 0 spiro atoms. The second-order valence-corrected chi connectivity index (χ2v) is 11.3. The number of thioether (sulfide) groups is 1. The zero-order valence-corrected chi connectivity index (χ0v) is 14.6. The van der Waals surface area contributed by atoms with Gasteiger partial charge in [0.2, 0.25) is 10.0 Å². The van der Waals surface area contributed by atoms with Crippen LogP contribution >= 0.6 is 39.0 Å². The summed E-state index contributed by atoms with van der Waals surface area (Å²) in [5.74, 6) is 0.858. The van der Waals surface area contributed by atoms with Crippen LogP contribution in [0.3, 0.4) is 0 Å². The van der Waals surface area contributed by atoms with Gasteiger partial charge >= 0.3 is 0 Å². The van der Waals surface area contributed by atoms with Gasteiger partial charge in [0.25, 0.3) is 0 Å². The Kier molecular flexibility index (Phi) is 4.19. The molecule has 0 bridgehead atoms. The summed E-state index contributed by atoms with van der Waals surface area (Å²) >= 11 is 6.65. The average Bonchev–Trinajstić information content (AvgIpc) is 2.57. The number of hydrogen-bond acceptors (Lipinski definition) is 4. The molecular weight excluding hydrogens is 354 g/mol. The molecule has 102 valence electrons. The van der Waals surface area contributed by atoms with Crippen LogP contribution in [0, 0.1) is 6.92 Å². The van der Waals surface area contributed by atoms with E-state index in [1.165, 1.54) is 11.3 Å². The van der Waals surface area contributed by atoms with Gasteiger partial charge in [-0.1, -0.05) is 0 Å². The second-order valence-electron chi connectivity index (χ2n) is 4.92. The van der Waals surface area contributed by atoms with E-state index in [1.54, 1.807) is 10.4 Å². The maximum Gasteiger partial charge on any atom is 0.244 e. The molecule has 7 heteroatoms. The van der Waals surface area contributed by atoms with E-state index in [-0.39, 0.29) is 4.75 Å². The third-order valence-electron chi connectivity index (χ3n) is 2.85. The molecule has 0 saturated carbocycles. The molecule has 0 N–H and O–H groups in total. The van der Waals surface area contributed by atoms with Crippen molar-refractivity contribution in [1.29, 1.82) is 0 Å². The predicted molar refractivity (Wildman–Crippen MR) is 82.1 cm³/mol. The summed E-state index contributed by atoms with van der Waals surface area (Å²) in [5.41, 5.74) is 0. The Hall–Kier alpha value is 0.440. The van der Waals surface area contributed by atoms with Crippen molar-refractivity contribution in [2.75, 3.05) is 18.8 Å². The smallest absolute Gasteiger partial charge is 0.207 e. The van der Waals surface area contributed by atoms with Crippen LogP contribution in [0.15, 0.2) is 14.7 Å². The first-order chi connectivity index (χ1) is 8.22. The Bertz CT molecular complexity index is 551. The summed E-state index contributed by atoms with van der Waals surface area (Å²) in [6.45, 7) is 7.22. The van der Waals surface area contributed by atoms with Gasteiger partial charge in [-0.05, 0) is 42.8 Å². The first kappa shape index (κ1) is 14.8. The number of hydrogen-bond donors (Lipinski definition) is 0. The lowest BCUT2D eigenvalue weighted by Gasteiger charge is -2.36. The second kappa shape index (κ2) is 5.09. The number of nitrogens with zero attached hydrogens (tertiary/aromatic N) is 1. The van der Waals surface area contributed by atoms with Crippen LogP contribution in [0.5, 0.6) is 0 Å². The summed E-state index contributed by atoms with van der Waals surface area (Å²) in [5, 5.41) is 0. The predicted octanol–water partition coefficient (Wildman–Crippen LogP) is 3.34. The fourth-order valence-corrected chi connectivity index (χ4v) is 7.30. The molecule has 0 aromatic carbocycles. The van der Waals surface area contributed by atoms with E-state index in [0.29, 0.717) is 18.0 Å². The van der Waals surface area contributed by atoms with Gasteiger partial charge < -0.3 is 0 Å². The molecule has 1 aliphatic rings. The lowest BCUT2D eigenvalue weighted by molar-refractivity contribution is 0.387. The van der Waals surface area contributed by atoms with E-state index < -0.39 is 10.0 Å². The van der Waals surface area contributed by atoms with E-state index in [1.807, 2.05) is 18.7 Å². The number of thiophene rings is 1. The average molecular weight is 370 g/mol. The maximum absolute atomic E-state index is 12.6. The quantitative estimate of drug-likeness (QED) is 0.801. The first-order valence-corrected chi connectivity index (χ1v) is 9.66. The maximum atomic E-state index is 12.6. The Labute approximate surface area is 125 Å². The third kappa shape index (κ3) is 2.95. The zero-order chi connectivity index (χ0) is 13.6. The Morgan fingerprint density at radius 3 is 2.61 bits per heavy atom. The first-order valence-electron chi connectivity index (χ1n) is 5.62. The summed E-state index contributed by atoms with van der Waals surface area (Å²) in [4.78, 5) is 1.29. The molecule has 0 unspecified atom stereocenters. The molecule has 18 heavy (non-hydrogen) atoms. The van der Waals surface area contributed by atoms with Crippen molar-refractivity contribution in [2.24, 2.45) is 0 Å². The summed E-state index contributed by atoms with van der Waals surface area (Å²) in [7, 11) is -3.34. The van der Waals surface area contributed by atoms with Gasteiger partial charge in [-0.3, -0.25) is 0 Å². The summed E-state index contributed by atoms with van der Waals surface area (Å²) in [6, 6.07) is 1.71. The molecule has 1 aromatic heterocycles. The van der Waals surface area contributed by atoms with Gasteiger partial charge in [-0.15, -0.1) is 11.3 Å². The van der Waals surface area contributed by atoms with Gasteiger partial charge in [-0.2, -0.15) is 16.1 Å². The molecule has 1 aliphatic heterocycles. The van der Waals surface area contributed by atoms with Gasteiger partial charge in [0.15, 0.2) is 0 Å². The third-order valence-corrected chi connectivity index (χ3v) is 7.80. The molecule has 1 aromatic rings. The van der Waals surface area contributed by atoms with E-state index in [9.17, 15) is 8.42 Å². The highest BCUT2D eigenvalue weighted by molar-refractivity contribution is 9.11. The number of rotatable bonds is 2. The molecule has 1 fully saturated rings. The summed E-state index contributed by atoms with van der Waals surface area (Å²) in [6.07, 6.45) is 0. The van der Waals surface area contributed by atoms with Crippen molar-refractivity contribution in [3.8, 4) is 0 Å². The van der Waals surface area contributed by atoms with Crippen molar-refractivity contribution >= 4 is 49.1 Å². The minimum atomic E-state index is -3.34. The number of sulfonamides is 1. The van der Waals surface area contributed by atoms with Crippen LogP contribution in [-0.2, 0) is 10.0 Å². The highest BCUT2D eigenvalue weighted by Gasteiger charge is 2.35. The van der Waals surface area contributed by atoms with Gasteiger partial charge in [-0.25, -0.2) is 8.42 Å². The van der Waals surface area contributed by atoms with Crippen LogP contribution in [-0.4, -0.2) is 36.3 Å². The largest absolute Gasteiger partial charge is 0.244 e. The molecule has 1 saturated heterocycles. The molecule has 0 amide bonds. The van der Waals surface area contributed by atoms with Crippen LogP contribution in [0.25, 0.3) is 0 Å². The van der Waals surface area contributed by atoms with Crippen molar-refractivity contribution in [3.63, 3.8) is 0 Å². The number of halogens is 1. The van der Waals surface area contributed by atoms with Gasteiger partial charge in [0.1, 0.15) is 0 Å². The number of aryl methyl sites for hydroxylation is 1. The van der Waals surface area contributed by atoms with E-state index >= 15 is 0 Å². The van der Waals surface area contributed by atoms with Crippen LogP contribution in [0.1, 0.15) is 18.7 Å². The van der Waals surface area contributed by atoms with Crippen LogP contribution < -0.4 is 0 Å². The topological polar surface area (TPSA) is 37.4 Å². The SMILES string of the molecule is Cc1sc(Br)cc1S(=O)(=O)N1CCSC(C)(C)C1. The van der Waals surface area contributed by atoms with Gasteiger partial charge in [0.05, 0.1) is 8.68 Å². The Morgan fingerprint density at radius 1 is 1.44 bits per heavy atom. The Morgan fingerprint density at radius 2 is 2.11 bits per heavy atom. The minimum Gasteiger partial charge on any atom is -0.207 e. The lowest BCUT2D eigenvalue weighted by atomic mass is 10.2. The fraction of sp³-hybridized carbons (Fsp3) is 0.636. The minimum absolute atomic E-state index is 0.00746. The van der Waals surface area contributed by atoms with Crippen molar-refractivity contribution in [1.82, 2.24) is 4.31 Å². The van der Waals surface area contributed by atoms with Crippen LogP contribution in [0.2, 0.25) is 0 Å². The molecule has 2 heterocycles. The molecular formula is C11H16BrNO2S3. The standard InChI is InChI=1S/C11H16BrNO2S3/c1-8-9(6-10(12)17-8)18(14,15)13-4-5-16-11(2,3)7-13/h6H,4-5,7H2,1-3H3. The fourth-order valence-electron chi connectivity index (χ4n) is 2.00. The van der Waals surface area contributed by atoms with Crippen LogP contribution in [0.4, 0.5) is 0 Å². The zero-order valence-electron chi connectivity index (χ0n) is 10.6. The van der Waals surface area contributed by atoms with Crippen molar-refractivity contribution < 1.29 is 8.42 Å². The van der Waals surface area contributed by atoms with E-state index in [0.717, 1.165) is 14.4 Å². The Balaban J connectivity index is 2.34. The highest BCUT2D eigenvalue weighted by Crippen LogP contribution is 2.36. The molecule has 3 nitrogen and oxygen atoms in total. The van der Waals surface area contributed by atoms with Gasteiger partial charge in [0, 0.05) is 28.5 Å². The van der Waals surface area contributed by atoms with Crippen molar-refractivity contribution in [3.05, 3.63) is 14.7 Å². The molecule has 0 radical (unpaired) electrons. The summed E-state index contributed by atoms with van der Waals surface area (Å²) < 4.78 is 27.7. The van der Waals surface area contributed by atoms with E-state index in [4.69, 9.17) is 0 Å². The normalized spacial score (nSPS) is 21.1. The monoisotopic (exact) mass is 369 g/mol. The van der Waals surface area contributed by atoms with E-state index in [2.05, 4.69) is 29.8 Å². The molecule has 0 aliphatic carbocycles. The lowest BCUT2D eigenvalue weighted by Crippen LogP contribution is -2.46.